The summed E-state index contributed by atoms with van der Waals surface area (Å²) in [5, 5.41) is 4.04. The van der Waals surface area contributed by atoms with Crippen LogP contribution in [0.2, 0.25) is 0 Å². The van der Waals surface area contributed by atoms with Crippen molar-refractivity contribution in [1.82, 2.24) is 15.2 Å². The number of H-pyrrole nitrogens is 1. The van der Waals surface area contributed by atoms with Crippen molar-refractivity contribution >= 4 is 34.4 Å². The summed E-state index contributed by atoms with van der Waals surface area (Å²) < 4.78 is 0. The number of para-hydroxylation sites is 2. The van der Waals surface area contributed by atoms with Crippen molar-refractivity contribution in [1.29, 1.82) is 0 Å². The molecule has 39 heavy (non-hydrogen) atoms. The molecule has 2 aliphatic heterocycles. The zero-order valence-corrected chi connectivity index (χ0v) is 22.0. The average Bonchev–Trinajstić information content (AvgIpc) is 3.46. The number of carbonyl (C=O) groups excluding carboxylic acids is 3. The Morgan fingerprint density at radius 3 is 2.49 bits per heavy atom. The van der Waals surface area contributed by atoms with Crippen molar-refractivity contribution in [3.8, 4) is 0 Å². The van der Waals surface area contributed by atoms with E-state index in [4.69, 9.17) is 0 Å². The number of urea groups is 1. The molecule has 7 nitrogen and oxygen atoms in total. The second-order valence-corrected chi connectivity index (χ2v) is 10.3. The number of aromatic amines is 1. The topological polar surface area (TPSA) is 85.5 Å². The van der Waals surface area contributed by atoms with Crippen LogP contribution in [-0.2, 0) is 11.2 Å². The van der Waals surface area contributed by atoms with E-state index in [1.165, 1.54) is 4.90 Å². The zero-order chi connectivity index (χ0) is 26.9. The van der Waals surface area contributed by atoms with Crippen LogP contribution < -0.4 is 10.2 Å². The molecule has 7 heteroatoms. The first kappa shape index (κ1) is 24.9. The molecule has 198 valence electrons. The molecule has 1 fully saturated rings. The molecule has 2 atom stereocenters. The van der Waals surface area contributed by atoms with Crippen LogP contribution in [0.4, 0.5) is 10.5 Å². The Bertz CT molecular complexity index is 1540. The Labute approximate surface area is 227 Å². The molecule has 1 aromatic heterocycles. The van der Waals surface area contributed by atoms with Crippen LogP contribution >= 0.6 is 0 Å². The number of nitrogens with one attached hydrogen (secondary N) is 2. The van der Waals surface area contributed by atoms with Gasteiger partial charge >= 0.3 is 6.03 Å². The van der Waals surface area contributed by atoms with Gasteiger partial charge in [-0.25, -0.2) is 9.69 Å². The second kappa shape index (κ2) is 10.4. The van der Waals surface area contributed by atoms with Crippen molar-refractivity contribution < 1.29 is 14.4 Å². The average molecular weight is 521 g/mol. The van der Waals surface area contributed by atoms with E-state index in [2.05, 4.69) is 23.3 Å². The predicted octanol–water partition coefficient (Wildman–Crippen LogP) is 5.96. The Kier molecular flexibility index (Phi) is 6.65. The third-order valence-corrected chi connectivity index (χ3v) is 7.87. The summed E-state index contributed by atoms with van der Waals surface area (Å²) in [6.45, 7) is 2.70. The summed E-state index contributed by atoms with van der Waals surface area (Å²) in [6, 6.07) is 23.2. The van der Waals surface area contributed by atoms with Crippen LogP contribution in [0.5, 0.6) is 0 Å². The first-order chi connectivity index (χ1) is 19.1. The minimum absolute atomic E-state index is 0.275. The highest BCUT2D eigenvalue weighted by atomic mass is 16.2. The van der Waals surface area contributed by atoms with Gasteiger partial charge in [-0.05, 0) is 35.7 Å². The molecule has 0 aliphatic carbocycles. The van der Waals surface area contributed by atoms with Crippen LogP contribution in [-0.4, -0.2) is 40.3 Å². The highest BCUT2D eigenvalue weighted by Crippen LogP contribution is 2.45. The first-order valence-electron chi connectivity index (χ1n) is 13.8. The predicted molar refractivity (Wildman–Crippen MR) is 152 cm³/mol. The number of benzene rings is 3. The maximum atomic E-state index is 14.2. The zero-order valence-electron chi connectivity index (χ0n) is 22.0. The van der Waals surface area contributed by atoms with E-state index in [0.717, 1.165) is 53.4 Å². The molecule has 1 saturated heterocycles. The van der Waals surface area contributed by atoms with Crippen LogP contribution in [0.1, 0.15) is 65.8 Å². The summed E-state index contributed by atoms with van der Waals surface area (Å²) in [4.78, 5) is 47.8. The SMILES string of the molecule is CCCCCCNC(=O)c1ccccc1N1C(=O)[C@@H]2Cc3c([nH]c4ccccc34)[C@H](c3ccccc3)N2C1=O. The molecular formula is C32H32N4O3. The fourth-order valence-electron chi connectivity index (χ4n) is 5.99. The van der Waals surface area contributed by atoms with Gasteiger partial charge in [-0.3, -0.25) is 14.5 Å². The molecule has 2 aliphatic rings. The van der Waals surface area contributed by atoms with Gasteiger partial charge in [-0.15, -0.1) is 0 Å². The number of fused-ring (bicyclic) bond motifs is 4. The summed E-state index contributed by atoms with van der Waals surface area (Å²) in [6.07, 6.45) is 4.60. The molecule has 3 heterocycles. The number of rotatable bonds is 8. The summed E-state index contributed by atoms with van der Waals surface area (Å²) in [7, 11) is 0. The van der Waals surface area contributed by atoms with Crippen LogP contribution in [0.15, 0.2) is 78.9 Å². The molecule has 0 unspecified atom stereocenters. The van der Waals surface area contributed by atoms with Gasteiger partial charge in [-0.1, -0.05) is 86.8 Å². The number of aromatic nitrogens is 1. The molecule has 2 N–H and O–H groups in total. The highest BCUT2D eigenvalue weighted by Gasteiger charge is 2.53. The number of imide groups is 1. The second-order valence-electron chi connectivity index (χ2n) is 10.3. The van der Waals surface area contributed by atoms with E-state index >= 15 is 0 Å². The van der Waals surface area contributed by atoms with E-state index < -0.39 is 18.1 Å². The minimum Gasteiger partial charge on any atom is -0.356 e. The normalized spacial score (nSPS) is 18.4. The van der Waals surface area contributed by atoms with E-state index in [1.54, 1.807) is 29.2 Å². The fourth-order valence-corrected chi connectivity index (χ4v) is 5.99. The number of nitrogens with zero attached hydrogens (tertiary/aromatic N) is 2. The molecule has 6 rings (SSSR count). The van der Waals surface area contributed by atoms with Gasteiger partial charge < -0.3 is 10.3 Å². The van der Waals surface area contributed by atoms with Gasteiger partial charge in [0.2, 0.25) is 0 Å². The van der Waals surface area contributed by atoms with Crippen LogP contribution in [0.25, 0.3) is 10.9 Å². The molecule has 0 saturated carbocycles. The molecule has 0 spiro atoms. The standard InChI is InChI=1S/C32H32N4O3/c1-2-3-4-12-19-33-30(37)23-16-9-11-18-26(23)36-31(38)27-20-24-22-15-8-10-17-25(22)34-28(24)29(35(27)32(36)39)21-13-6-5-7-14-21/h5-11,13-18,27,29,34H,2-4,12,19-20H2,1H3,(H,33,37)/t27-,29-/m0/s1. The van der Waals surface area contributed by atoms with Crippen LogP contribution in [0, 0.1) is 0 Å². The largest absolute Gasteiger partial charge is 0.356 e. The lowest BCUT2D eigenvalue weighted by atomic mass is 9.89. The first-order valence-corrected chi connectivity index (χ1v) is 13.8. The summed E-state index contributed by atoms with van der Waals surface area (Å²) in [5.74, 6) is -0.580. The van der Waals surface area contributed by atoms with E-state index in [0.29, 0.717) is 24.2 Å². The maximum Gasteiger partial charge on any atom is 0.332 e. The number of amides is 4. The monoisotopic (exact) mass is 520 g/mol. The fraction of sp³-hybridized carbons (Fsp3) is 0.281. The van der Waals surface area contributed by atoms with Gasteiger partial charge in [-0.2, -0.15) is 0 Å². The molecular weight excluding hydrogens is 488 g/mol. The summed E-state index contributed by atoms with van der Waals surface area (Å²) in [5.41, 5.74) is 4.56. The molecule has 3 aromatic carbocycles. The van der Waals surface area contributed by atoms with Crippen LogP contribution in [0.3, 0.4) is 0 Å². The molecule has 4 amide bonds. The van der Waals surface area contributed by atoms with Gasteiger partial charge in [0, 0.05) is 29.6 Å². The van der Waals surface area contributed by atoms with Gasteiger partial charge in [0.25, 0.3) is 11.8 Å². The van der Waals surface area contributed by atoms with Crippen molar-refractivity contribution in [3.63, 3.8) is 0 Å². The minimum atomic E-state index is -0.667. The van der Waals surface area contributed by atoms with Crippen molar-refractivity contribution in [3.05, 3.63) is 101 Å². The third kappa shape index (κ3) is 4.28. The lowest BCUT2D eigenvalue weighted by molar-refractivity contribution is -0.120. The Hall–Kier alpha value is -4.39. The van der Waals surface area contributed by atoms with Crippen molar-refractivity contribution in [2.45, 2.75) is 51.1 Å². The number of unbranched alkanes of at least 4 members (excludes halogenated alkanes) is 3. The third-order valence-electron chi connectivity index (χ3n) is 7.87. The number of carbonyl (C=O) groups is 3. The maximum absolute atomic E-state index is 14.2. The molecule has 0 bridgehead atoms. The number of hydrogen-bond donors (Lipinski definition) is 2. The summed E-state index contributed by atoms with van der Waals surface area (Å²) >= 11 is 0. The molecule has 4 aromatic rings. The van der Waals surface area contributed by atoms with Gasteiger partial charge in [0.15, 0.2) is 0 Å². The number of hydrogen-bond acceptors (Lipinski definition) is 3. The smallest absolute Gasteiger partial charge is 0.332 e. The van der Waals surface area contributed by atoms with Gasteiger partial charge in [0.1, 0.15) is 12.1 Å². The lowest BCUT2D eigenvalue weighted by Crippen LogP contribution is -2.44. The van der Waals surface area contributed by atoms with E-state index in [-0.39, 0.29) is 11.8 Å². The quantitative estimate of drug-likeness (QED) is 0.222. The molecule has 0 radical (unpaired) electrons. The van der Waals surface area contributed by atoms with E-state index in [9.17, 15) is 14.4 Å². The van der Waals surface area contributed by atoms with Crippen molar-refractivity contribution in [2.75, 3.05) is 11.4 Å². The lowest BCUT2D eigenvalue weighted by Gasteiger charge is -2.36. The Morgan fingerprint density at radius 1 is 0.923 bits per heavy atom. The highest BCUT2D eigenvalue weighted by molar-refractivity contribution is 6.24. The Morgan fingerprint density at radius 2 is 1.67 bits per heavy atom. The number of anilines is 1. The van der Waals surface area contributed by atoms with Gasteiger partial charge in [0.05, 0.1) is 11.3 Å². The Balaban J connectivity index is 1.38. The van der Waals surface area contributed by atoms with Crippen molar-refractivity contribution in [2.24, 2.45) is 0 Å². The van der Waals surface area contributed by atoms with E-state index in [1.807, 2.05) is 48.5 Å².